The first kappa shape index (κ1) is 53.6. The number of azide groups is 1. The monoisotopic (exact) mass is 971 g/mol. The molecule has 69 heavy (non-hydrogen) atoms. The number of methoxy groups -OCH3 is 1. The number of nitrogens with zero attached hydrogens (tertiary/aromatic N) is 4. The molecule has 24 nitrogen and oxygen atoms in total. The van der Waals surface area contributed by atoms with Gasteiger partial charge < -0.3 is 62.5 Å². The average molecular weight is 972 g/mol. The van der Waals surface area contributed by atoms with Crippen LogP contribution in [-0.4, -0.2) is 152 Å². The molecule has 3 heterocycles. The zero-order valence-corrected chi connectivity index (χ0v) is 38.7. The Kier molecular flexibility index (Phi) is 20.0. The van der Waals surface area contributed by atoms with Crippen LogP contribution < -0.4 is 5.32 Å². The van der Waals surface area contributed by atoms with E-state index in [1.54, 1.807) is 30.3 Å². The standard InChI is InChI=1S/C45H57N5O19/c1-26(51)50-36-32(68-44(50)58)21-45(42(56)59-5,69-40(36)39(66-29(4)54)33(65-28(3)53)24-61-27(2)52)64-25-34-38(62-22-30-15-9-6-10-16-30)37(55)35(48-49-46)41(67-34)60-20-14-8-13-19-47-43(57)63-23-31-17-11-7-12-18-31/h6-7,9-12,15-18,32-41,55H,8,13-14,19-25H2,1-5H3,(H,47,57)/t32-,33-,34+,35+,36+,37+,38-,39-,40+,41-,45+/m0/s1. The van der Waals surface area contributed by atoms with Crippen LogP contribution in [0, 0.1) is 0 Å². The number of fused-ring (bicyclic) bond motifs is 1. The van der Waals surface area contributed by atoms with E-state index in [4.69, 9.17) is 52.1 Å². The molecule has 3 saturated heterocycles. The van der Waals surface area contributed by atoms with Gasteiger partial charge in [0.15, 0.2) is 18.5 Å². The van der Waals surface area contributed by atoms with Crippen LogP contribution in [0.2, 0.25) is 0 Å². The lowest BCUT2D eigenvalue weighted by Gasteiger charge is -2.48. The zero-order chi connectivity index (χ0) is 50.1. The number of ether oxygens (including phenoxy) is 11. The maximum atomic E-state index is 14.0. The molecular weight excluding hydrogens is 915 g/mol. The highest BCUT2D eigenvalue weighted by molar-refractivity contribution is 5.93. The number of nitrogens with one attached hydrogen (secondary N) is 1. The van der Waals surface area contributed by atoms with Crippen molar-refractivity contribution in [3.63, 3.8) is 0 Å². The Balaban J connectivity index is 1.39. The van der Waals surface area contributed by atoms with Crippen LogP contribution in [-0.2, 0) is 89.3 Å². The van der Waals surface area contributed by atoms with Crippen LogP contribution in [0.1, 0.15) is 64.5 Å². The second kappa shape index (κ2) is 25.8. The summed E-state index contributed by atoms with van der Waals surface area (Å²) in [5.74, 6) is -7.37. The first-order valence-electron chi connectivity index (χ1n) is 22.0. The summed E-state index contributed by atoms with van der Waals surface area (Å²) in [6.45, 7) is 3.11. The molecule has 3 amide bonds. The maximum absolute atomic E-state index is 14.0. The largest absolute Gasteiger partial charge is 0.465 e. The van der Waals surface area contributed by atoms with Crippen LogP contribution >= 0.6 is 0 Å². The van der Waals surface area contributed by atoms with Gasteiger partial charge in [-0.3, -0.25) is 19.2 Å². The van der Waals surface area contributed by atoms with Crippen molar-refractivity contribution in [2.75, 3.05) is 33.5 Å². The fourth-order valence-corrected chi connectivity index (χ4v) is 7.98. The molecule has 0 aliphatic carbocycles. The number of hydrogen-bond acceptors (Lipinski definition) is 20. The second-order valence-electron chi connectivity index (χ2n) is 16.1. The number of aliphatic hydroxyl groups is 1. The Labute approximate surface area is 396 Å². The van der Waals surface area contributed by atoms with E-state index in [-0.39, 0.29) is 19.8 Å². The maximum Gasteiger partial charge on any atom is 0.417 e. The third-order valence-electron chi connectivity index (χ3n) is 11.0. The Morgan fingerprint density at radius 1 is 0.899 bits per heavy atom. The predicted octanol–water partition coefficient (Wildman–Crippen LogP) is 3.29. The number of benzene rings is 2. The molecule has 0 bridgehead atoms. The topological polar surface area (TPSA) is 305 Å². The van der Waals surface area contributed by atoms with Gasteiger partial charge in [0.2, 0.25) is 5.91 Å². The molecule has 2 N–H and O–H groups in total. The third kappa shape index (κ3) is 14.8. The number of carbonyl (C=O) groups excluding carboxylic acids is 7. The molecule has 0 radical (unpaired) electrons. The summed E-state index contributed by atoms with van der Waals surface area (Å²) in [6.07, 6.45) is -13.3. The summed E-state index contributed by atoms with van der Waals surface area (Å²) in [7, 11) is 1.00. The Hall–Kier alpha value is -6.40. The number of hydrogen-bond donors (Lipinski definition) is 2. The predicted molar refractivity (Wildman–Crippen MR) is 232 cm³/mol. The molecule has 2 aromatic rings. The highest BCUT2D eigenvalue weighted by Gasteiger charge is 2.64. The molecule has 0 aromatic heterocycles. The first-order valence-corrected chi connectivity index (χ1v) is 22.0. The van der Waals surface area contributed by atoms with Gasteiger partial charge in [-0.1, -0.05) is 65.8 Å². The van der Waals surface area contributed by atoms with Crippen LogP contribution in [0.5, 0.6) is 0 Å². The van der Waals surface area contributed by atoms with E-state index in [0.29, 0.717) is 36.3 Å². The van der Waals surface area contributed by atoms with Gasteiger partial charge in [-0.25, -0.2) is 19.3 Å². The van der Waals surface area contributed by atoms with Crippen LogP contribution in [0.15, 0.2) is 65.8 Å². The Morgan fingerprint density at radius 3 is 2.17 bits per heavy atom. The third-order valence-corrected chi connectivity index (χ3v) is 11.0. The summed E-state index contributed by atoms with van der Waals surface area (Å²) >= 11 is 0. The number of esters is 4. The number of unbranched alkanes of at least 4 members (excludes halogenated alkanes) is 2. The van der Waals surface area contributed by atoms with Crippen LogP contribution in [0.3, 0.4) is 0 Å². The van der Waals surface area contributed by atoms with E-state index < -0.39 is 128 Å². The summed E-state index contributed by atoms with van der Waals surface area (Å²) in [5, 5.41) is 18.3. The molecule has 3 fully saturated rings. The van der Waals surface area contributed by atoms with E-state index in [2.05, 4.69) is 15.3 Å². The molecule has 0 saturated carbocycles. The summed E-state index contributed by atoms with van der Waals surface area (Å²) in [5.41, 5.74) is 11.1. The van der Waals surface area contributed by atoms with Gasteiger partial charge in [-0.2, -0.15) is 0 Å². The molecule has 0 spiro atoms. The number of alkyl carbamates (subject to hydrolysis) is 1. The molecule has 0 unspecified atom stereocenters. The fraction of sp³-hybridized carbons (Fsp3) is 0.578. The van der Waals surface area contributed by atoms with Gasteiger partial charge in [-0.15, -0.1) is 0 Å². The SMILES string of the molecule is COC(=O)[C@@]1(OC[C@H]2O[C@H](OCCCCCNC(=O)OCc3ccccc3)[C@H](N=[N+]=[N-])[C@@H](O)[C@H]2OCc2ccccc2)C[C@@H]2OC(=O)N(C(C)=O)[C@H]2[C@H]([C@@H](OC(C)=O)[C@H](COC(C)=O)OC(C)=O)O1. The quantitative estimate of drug-likeness (QED) is 0.0403. The van der Waals surface area contributed by atoms with Gasteiger partial charge in [0.1, 0.15) is 49.7 Å². The summed E-state index contributed by atoms with van der Waals surface area (Å²) in [6, 6.07) is 15.2. The Morgan fingerprint density at radius 2 is 1.57 bits per heavy atom. The lowest BCUT2D eigenvalue weighted by Crippen LogP contribution is -2.67. The Bertz CT molecular complexity index is 2130. The van der Waals surface area contributed by atoms with Crippen molar-refractivity contribution in [2.24, 2.45) is 5.11 Å². The molecule has 3 aliphatic rings. The van der Waals surface area contributed by atoms with E-state index in [1.165, 1.54) is 0 Å². The van der Waals surface area contributed by atoms with Crippen molar-refractivity contribution >= 4 is 42.0 Å². The van der Waals surface area contributed by atoms with Gasteiger partial charge in [0.05, 0.1) is 32.8 Å². The van der Waals surface area contributed by atoms with Gasteiger partial charge in [0.25, 0.3) is 5.79 Å². The molecule has 24 heteroatoms. The fourth-order valence-electron chi connectivity index (χ4n) is 7.98. The lowest BCUT2D eigenvalue weighted by molar-refractivity contribution is -0.332. The highest BCUT2D eigenvalue weighted by atomic mass is 16.8. The van der Waals surface area contributed by atoms with E-state index >= 15 is 0 Å². The first-order chi connectivity index (χ1) is 33.1. The van der Waals surface area contributed by atoms with E-state index in [9.17, 15) is 44.2 Å². The van der Waals surface area contributed by atoms with Crippen molar-refractivity contribution in [3.05, 3.63) is 82.2 Å². The van der Waals surface area contributed by atoms with Crippen molar-refractivity contribution in [1.82, 2.24) is 10.2 Å². The highest BCUT2D eigenvalue weighted by Crippen LogP contribution is 2.42. The molecule has 3 aliphatic heterocycles. The molecular formula is C45H57N5O19. The van der Waals surface area contributed by atoms with Crippen molar-refractivity contribution in [2.45, 2.75) is 133 Å². The minimum absolute atomic E-state index is 0.0305. The number of imide groups is 1. The minimum Gasteiger partial charge on any atom is -0.465 e. The van der Waals surface area contributed by atoms with Crippen LogP contribution in [0.4, 0.5) is 9.59 Å². The average Bonchev–Trinajstić information content (AvgIpc) is 3.66. The van der Waals surface area contributed by atoms with Gasteiger partial charge in [0, 0.05) is 45.8 Å². The van der Waals surface area contributed by atoms with Gasteiger partial charge in [-0.05, 0) is 35.9 Å². The number of aliphatic hydroxyl groups excluding tert-OH is 1. The number of amides is 3. The molecule has 11 atom stereocenters. The zero-order valence-electron chi connectivity index (χ0n) is 38.7. The summed E-state index contributed by atoms with van der Waals surface area (Å²) in [4.78, 5) is 93.1. The van der Waals surface area contributed by atoms with Crippen LogP contribution in [0.25, 0.3) is 10.4 Å². The number of rotatable bonds is 23. The normalized spacial score (nSPS) is 25.9. The molecule has 376 valence electrons. The van der Waals surface area contributed by atoms with E-state index in [1.807, 2.05) is 30.3 Å². The molecule has 5 rings (SSSR count). The molecule has 2 aromatic carbocycles. The van der Waals surface area contributed by atoms with Crippen molar-refractivity contribution in [1.29, 1.82) is 0 Å². The smallest absolute Gasteiger partial charge is 0.417 e. The minimum atomic E-state index is -2.60. The van der Waals surface area contributed by atoms with Crippen molar-refractivity contribution in [3.8, 4) is 0 Å². The van der Waals surface area contributed by atoms with Crippen molar-refractivity contribution < 1.29 is 90.8 Å². The van der Waals surface area contributed by atoms with E-state index in [0.717, 1.165) is 40.4 Å². The summed E-state index contributed by atoms with van der Waals surface area (Å²) < 4.78 is 63.4. The number of carbonyl (C=O) groups is 7. The second-order valence-corrected chi connectivity index (χ2v) is 16.1. The lowest BCUT2D eigenvalue weighted by atomic mass is 9.88. The van der Waals surface area contributed by atoms with Gasteiger partial charge >= 0.3 is 36.1 Å².